The van der Waals surface area contributed by atoms with Crippen molar-refractivity contribution in [2.75, 3.05) is 7.11 Å². The monoisotopic (exact) mass is 335 g/mol. The van der Waals surface area contributed by atoms with E-state index < -0.39 is 5.97 Å². The molecular weight excluding hydrogens is 310 g/mol. The number of nitrogens with one attached hydrogen (secondary N) is 1. The lowest BCUT2D eigenvalue weighted by Crippen LogP contribution is -2.49. The summed E-state index contributed by atoms with van der Waals surface area (Å²) < 4.78 is 10.9. The molecular formula is C18H25NO5. The zero-order valence-electron chi connectivity index (χ0n) is 14.8. The third-order valence-corrected chi connectivity index (χ3v) is 3.97. The highest BCUT2D eigenvalue weighted by molar-refractivity contribution is 6.00. The van der Waals surface area contributed by atoms with Crippen LogP contribution < -0.4 is 10.1 Å². The second-order valence-electron chi connectivity index (χ2n) is 7.17. The molecule has 0 bridgehead atoms. The number of methoxy groups -OCH3 is 1. The highest BCUT2D eigenvalue weighted by atomic mass is 16.5. The van der Waals surface area contributed by atoms with E-state index in [0.29, 0.717) is 11.1 Å². The Morgan fingerprint density at radius 3 is 2.33 bits per heavy atom. The van der Waals surface area contributed by atoms with E-state index >= 15 is 0 Å². The Morgan fingerprint density at radius 2 is 1.83 bits per heavy atom. The lowest BCUT2D eigenvalue weighted by atomic mass is 9.88. The van der Waals surface area contributed by atoms with E-state index in [1.807, 2.05) is 20.8 Å². The Balaban J connectivity index is 2.04. The average Bonchev–Trinajstić information content (AvgIpc) is 2.42. The second-order valence-corrected chi connectivity index (χ2v) is 7.17. The van der Waals surface area contributed by atoms with Crippen LogP contribution in [-0.4, -0.2) is 41.8 Å². The summed E-state index contributed by atoms with van der Waals surface area (Å²) in [5.74, 6) is -1.14. The first-order chi connectivity index (χ1) is 11.1. The van der Waals surface area contributed by atoms with Gasteiger partial charge in [0.2, 0.25) is 0 Å². The standard InChI is InChI=1S/C18H25NO5/c1-10-6-15(23-5)14(17(21)22)9-13(10)16(20)19-11-7-12(8-11)24-18(2,3)4/h6,9,11-12H,7-8H2,1-5H3,(H,19,20)(H,21,22). The van der Waals surface area contributed by atoms with Crippen molar-refractivity contribution in [1.82, 2.24) is 5.32 Å². The molecule has 24 heavy (non-hydrogen) atoms. The first-order valence-electron chi connectivity index (χ1n) is 8.01. The molecule has 0 saturated heterocycles. The minimum Gasteiger partial charge on any atom is -0.496 e. The fourth-order valence-corrected chi connectivity index (χ4v) is 2.80. The van der Waals surface area contributed by atoms with Crippen molar-refractivity contribution in [3.8, 4) is 5.75 Å². The summed E-state index contributed by atoms with van der Waals surface area (Å²) in [4.78, 5) is 23.8. The van der Waals surface area contributed by atoms with Gasteiger partial charge < -0.3 is 19.9 Å². The predicted molar refractivity (Wildman–Crippen MR) is 89.8 cm³/mol. The van der Waals surface area contributed by atoms with Gasteiger partial charge in [-0.15, -0.1) is 0 Å². The van der Waals surface area contributed by atoms with Gasteiger partial charge in [0, 0.05) is 11.6 Å². The molecule has 1 amide bonds. The Labute approximate surface area is 142 Å². The van der Waals surface area contributed by atoms with Crippen molar-refractivity contribution in [2.45, 2.75) is 58.3 Å². The molecule has 1 aromatic rings. The van der Waals surface area contributed by atoms with E-state index in [1.165, 1.54) is 13.2 Å². The van der Waals surface area contributed by atoms with E-state index in [2.05, 4.69) is 5.32 Å². The lowest BCUT2D eigenvalue weighted by molar-refractivity contribution is -0.101. The molecule has 132 valence electrons. The lowest BCUT2D eigenvalue weighted by Gasteiger charge is -2.39. The van der Waals surface area contributed by atoms with Crippen molar-refractivity contribution >= 4 is 11.9 Å². The van der Waals surface area contributed by atoms with Gasteiger partial charge in [-0.1, -0.05) is 0 Å². The molecule has 1 aliphatic rings. The van der Waals surface area contributed by atoms with Crippen LogP contribution in [0.15, 0.2) is 12.1 Å². The first kappa shape index (κ1) is 18.3. The molecule has 1 fully saturated rings. The van der Waals surface area contributed by atoms with Gasteiger partial charge in [-0.3, -0.25) is 4.79 Å². The van der Waals surface area contributed by atoms with Gasteiger partial charge in [0.05, 0.1) is 18.8 Å². The van der Waals surface area contributed by atoms with Crippen LogP contribution in [-0.2, 0) is 4.74 Å². The normalized spacial score (nSPS) is 20.2. The van der Waals surface area contributed by atoms with E-state index in [1.54, 1.807) is 13.0 Å². The number of aromatic carboxylic acids is 1. The van der Waals surface area contributed by atoms with Gasteiger partial charge in [-0.05, 0) is 58.2 Å². The summed E-state index contributed by atoms with van der Waals surface area (Å²) >= 11 is 0. The number of hydrogen-bond acceptors (Lipinski definition) is 4. The van der Waals surface area contributed by atoms with Crippen molar-refractivity contribution in [2.24, 2.45) is 0 Å². The average molecular weight is 335 g/mol. The van der Waals surface area contributed by atoms with Crippen molar-refractivity contribution in [3.05, 3.63) is 28.8 Å². The van der Waals surface area contributed by atoms with Crippen molar-refractivity contribution < 1.29 is 24.2 Å². The van der Waals surface area contributed by atoms with Crippen LogP contribution in [0.25, 0.3) is 0 Å². The molecule has 0 aliphatic heterocycles. The Bertz CT molecular complexity index is 642. The summed E-state index contributed by atoms with van der Waals surface area (Å²) in [6.45, 7) is 7.78. The van der Waals surface area contributed by atoms with Crippen LogP contribution in [0.2, 0.25) is 0 Å². The van der Waals surface area contributed by atoms with Crippen LogP contribution in [0.4, 0.5) is 0 Å². The maximum Gasteiger partial charge on any atom is 0.339 e. The maximum absolute atomic E-state index is 12.4. The smallest absolute Gasteiger partial charge is 0.339 e. The highest BCUT2D eigenvalue weighted by Gasteiger charge is 2.34. The summed E-state index contributed by atoms with van der Waals surface area (Å²) in [7, 11) is 1.41. The van der Waals surface area contributed by atoms with Gasteiger partial charge in [-0.25, -0.2) is 4.79 Å². The molecule has 6 heteroatoms. The SMILES string of the molecule is COc1cc(C)c(C(=O)NC2CC(OC(C)(C)C)C2)cc1C(=O)O. The fraction of sp³-hybridized carbons (Fsp3) is 0.556. The summed E-state index contributed by atoms with van der Waals surface area (Å²) in [6.07, 6.45) is 1.69. The number of ether oxygens (including phenoxy) is 2. The minimum absolute atomic E-state index is 0.0178. The molecule has 1 aromatic carbocycles. The maximum atomic E-state index is 12.4. The van der Waals surface area contributed by atoms with Gasteiger partial charge in [0.15, 0.2) is 0 Å². The number of carboxylic acid groups (broad SMARTS) is 1. The predicted octanol–water partition coefficient (Wildman–Crippen LogP) is 2.78. The number of carboxylic acids is 1. The number of hydrogen-bond donors (Lipinski definition) is 2. The van der Waals surface area contributed by atoms with Crippen LogP contribution in [0.5, 0.6) is 5.75 Å². The third-order valence-electron chi connectivity index (χ3n) is 3.97. The zero-order valence-corrected chi connectivity index (χ0v) is 14.8. The minimum atomic E-state index is -1.12. The van der Waals surface area contributed by atoms with Crippen LogP contribution in [0.1, 0.15) is 59.9 Å². The number of carbonyl (C=O) groups is 2. The van der Waals surface area contributed by atoms with Crippen LogP contribution >= 0.6 is 0 Å². The molecule has 1 saturated carbocycles. The molecule has 0 aromatic heterocycles. The van der Waals surface area contributed by atoms with Crippen molar-refractivity contribution in [3.63, 3.8) is 0 Å². The zero-order chi connectivity index (χ0) is 18.1. The number of carbonyl (C=O) groups excluding carboxylic acids is 1. The largest absolute Gasteiger partial charge is 0.496 e. The van der Waals surface area contributed by atoms with E-state index in [0.717, 1.165) is 12.8 Å². The summed E-state index contributed by atoms with van der Waals surface area (Å²) in [6, 6.07) is 3.00. The van der Waals surface area contributed by atoms with E-state index in [-0.39, 0.29) is 35.0 Å². The quantitative estimate of drug-likeness (QED) is 0.864. The molecule has 2 N–H and O–H groups in total. The first-order valence-corrected chi connectivity index (χ1v) is 8.01. The van der Waals surface area contributed by atoms with Crippen molar-refractivity contribution in [1.29, 1.82) is 0 Å². The molecule has 6 nitrogen and oxygen atoms in total. The topological polar surface area (TPSA) is 84.9 Å². The van der Waals surface area contributed by atoms with E-state index in [9.17, 15) is 14.7 Å². The summed E-state index contributed by atoms with van der Waals surface area (Å²) in [5.41, 5.74) is 0.822. The highest BCUT2D eigenvalue weighted by Crippen LogP contribution is 2.29. The third kappa shape index (κ3) is 4.26. The Hall–Kier alpha value is -2.08. The van der Waals surface area contributed by atoms with Crippen LogP contribution in [0.3, 0.4) is 0 Å². The second kappa shape index (κ2) is 6.81. The van der Waals surface area contributed by atoms with Crippen LogP contribution in [0, 0.1) is 6.92 Å². The Kier molecular flexibility index (Phi) is 5.18. The molecule has 2 rings (SSSR count). The van der Waals surface area contributed by atoms with Gasteiger partial charge >= 0.3 is 5.97 Å². The number of benzene rings is 1. The van der Waals surface area contributed by atoms with Gasteiger partial charge in [0.1, 0.15) is 11.3 Å². The Morgan fingerprint density at radius 1 is 1.21 bits per heavy atom. The fourth-order valence-electron chi connectivity index (χ4n) is 2.80. The summed E-state index contributed by atoms with van der Waals surface area (Å²) in [5, 5.41) is 12.2. The number of aryl methyl sites for hydroxylation is 1. The van der Waals surface area contributed by atoms with Gasteiger partial charge in [-0.2, -0.15) is 0 Å². The molecule has 1 aliphatic carbocycles. The molecule has 0 heterocycles. The van der Waals surface area contributed by atoms with Gasteiger partial charge in [0.25, 0.3) is 5.91 Å². The number of amides is 1. The molecule has 0 radical (unpaired) electrons. The molecule has 0 spiro atoms. The molecule has 0 atom stereocenters. The molecule has 0 unspecified atom stereocenters. The number of rotatable bonds is 5. The van der Waals surface area contributed by atoms with E-state index in [4.69, 9.17) is 9.47 Å².